The van der Waals surface area contributed by atoms with Gasteiger partial charge in [-0.25, -0.2) is 0 Å². The van der Waals surface area contributed by atoms with Gasteiger partial charge in [0.05, 0.1) is 14.2 Å². The van der Waals surface area contributed by atoms with Crippen LogP contribution in [0.25, 0.3) is 0 Å². The molecule has 1 aromatic rings. The van der Waals surface area contributed by atoms with Crippen molar-refractivity contribution in [2.45, 2.75) is 26.8 Å². The molecule has 0 heterocycles. The predicted octanol–water partition coefficient (Wildman–Crippen LogP) is 2.94. The first kappa shape index (κ1) is 17.8. The van der Waals surface area contributed by atoms with Crippen molar-refractivity contribution in [1.29, 1.82) is 0 Å². The first-order chi connectivity index (χ1) is 10.0. The van der Waals surface area contributed by atoms with Gasteiger partial charge in [-0.1, -0.05) is 20.8 Å². The summed E-state index contributed by atoms with van der Waals surface area (Å²) in [7, 11) is 5.57. The number of nitrogens with zero attached hydrogens (tertiary/aromatic N) is 1. The van der Waals surface area contributed by atoms with Crippen LogP contribution in [0.1, 0.15) is 32.4 Å². The zero-order valence-corrected chi connectivity index (χ0v) is 14.3. The maximum atomic E-state index is 5.52. The first-order valence-electron chi connectivity index (χ1n) is 7.65. The summed E-state index contributed by atoms with van der Waals surface area (Å²) in [4.78, 5) is 2.36. The van der Waals surface area contributed by atoms with E-state index in [1.165, 1.54) is 0 Å². The molecule has 0 amide bonds. The molecule has 21 heavy (non-hydrogen) atoms. The molecule has 0 aromatic heterocycles. The average molecular weight is 294 g/mol. The van der Waals surface area contributed by atoms with Crippen LogP contribution in [0.15, 0.2) is 18.2 Å². The summed E-state index contributed by atoms with van der Waals surface area (Å²) in [6, 6.07) is 6.20. The lowest BCUT2D eigenvalue weighted by Crippen LogP contribution is -2.35. The number of hydrogen-bond acceptors (Lipinski definition) is 4. The van der Waals surface area contributed by atoms with Gasteiger partial charge in [0.1, 0.15) is 11.5 Å². The number of benzene rings is 1. The van der Waals surface area contributed by atoms with Crippen LogP contribution in [-0.4, -0.2) is 45.8 Å². The third-order valence-corrected chi connectivity index (χ3v) is 3.43. The lowest BCUT2D eigenvalue weighted by molar-refractivity contribution is 0.260. The minimum atomic E-state index is 0.226. The SMILES string of the molecule is CCNC(CN(C)CC(C)C)c1cc(OC)ccc1OC. The molecular weight excluding hydrogens is 264 g/mol. The normalized spacial score (nSPS) is 12.8. The van der Waals surface area contributed by atoms with Crippen molar-refractivity contribution in [1.82, 2.24) is 10.2 Å². The fraction of sp³-hybridized carbons (Fsp3) is 0.647. The maximum Gasteiger partial charge on any atom is 0.123 e. The second kappa shape index (κ2) is 8.90. The number of methoxy groups -OCH3 is 2. The molecule has 120 valence electrons. The van der Waals surface area contributed by atoms with E-state index >= 15 is 0 Å². The Balaban J connectivity index is 2.97. The van der Waals surface area contributed by atoms with E-state index in [0.717, 1.165) is 36.7 Å². The summed E-state index contributed by atoms with van der Waals surface area (Å²) >= 11 is 0. The minimum absolute atomic E-state index is 0.226. The van der Waals surface area contributed by atoms with Crippen LogP contribution in [-0.2, 0) is 0 Å². The van der Waals surface area contributed by atoms with Gasteiger partial charge < -0.3 is 19.7 Å². The highest BCUT2D eigenvalue weighted by molar-refractivity contribution is 5.42. The van der Waals surface area contributed by atoms with Gasteiger partial charge in [0.25, 0.3) is 0 Å². The number of likely N-dealkylation sites (N-methyl/N-ethyl adjacent to an activating group) is 2. The van der Waals surface area contributed by atoms with Crippen LogP contribution < -0.4 is 14.8 Å². The van der Waals surface area contributed by atoms with E-state index < -0.39 is 0 Å². The molecular formula is C17H30N2O2. The Hall–Kier alpha value is -1.26. The molecule has 0 bridgehead atoms. The van der Waals surface area contributed by atoms with Gasteiger partial charge >= 0.3 is 0 Å². The molecule has 0 aliphatic heterocycles. The van der Waals surface area contributed by atoms with Gasteiger partial charge in [-0.3, -0.25) is 0 Å². The van der Waals surface area contributed by atoms with Crippen molar-refractivity contribution in [3.63, 3.8) is 0 Å². The molecule has 1 rings (SSSR count). The smallest absolute Gasteiger partial charge is 0.123 e. The zero-order valence-electron chi connectivity index (χ0n) is 14.3. The van der Waals surface area contributed by atoms with Gasteiger partial charge in [0.2, 0.25) is 0 Å². The van der Waals surface area contributed by atoms with E-state index in [9.17, 15) is 0 Å². The second-order valence-electron chi connectivity index (χ2n) is 5.83. The second-order valence-corrected chi connectivity index (χ2v) is 5.83. The monoisotopic (exact) mass is 294 g/mol. The van der Waals surface area contributed by atoms with Crippen LogP contribution in [0, 0.1) is 5.92 Å². The molecule has 1 atom stereocenters. The summed E-state index contributed by atoms with van der Waals surface area (Å²) in [6.07, 6.45) is 0. The van der Waals surface area contributed by atoms with Crippen molar-refractivity contribution in [3.8, 4) is 11.5 Å². The maximum absolute atomic E-state index is 5.52. The molecule has 0 aliphatic carbocycles. The Morgan fingerprint density at radius 1 is 1.14 bits per heavy atom. The highest BCUT2D eigenvalue weighted by Gasteiger charge is 2.18. The molecule has 1 unspecified atom stereocenters. The first-order valence-corrected chi connectivity index (χ1v) is 7.65. The van der Waals surface area contributed by atoms with Crippen LogP contribution in [0.4, 0.5) is 0 Å². The van der Waals surface area contributed by atoms with E-state index in [2.05, 4.69) is 44.1 Å². The highest BCUT2D eigenvalue weighted by atomic mass is 16.5. The van der Waals surface area contributed by atoms with E-state index in [4.69, 9.17) is 9.47 Å². The third kappa shape index (κ3) is 5.56. The third-order valence-electron chi connectivity index (χ3n) is 3.43. The van der Waals surface area contributed by atoms with Gasteiger partial charge in [-0.2, -0.15) is 0 Å². The van der Waals surface area contributed by atoms with E-state index in [1.807, 2.05) is 12.1 Å². The highest BCUT2D eigenvalue weighted by Crippen LogP contribution is 2.29. The molecule has 0 saturated heterocycles. The Bertz CT molecular complexity index is 421. The van der Waals surface area contributed by atoms with Gasteiger partial charge in [0, 0.05) is 24.7 Å². The van der Waals surface area contributed by atoms with Crippen LogP contribution in [0.2, 0.25) is 0 Å². The van der Waals surface area contributed by atoms with Crippen molar-refractivity contribution in [3.05, 3.63) is 23.8 Å². The Morgan fingerprint density at radius 3 is 2.38 bits per heavy atom. The molecule has 4 heteroatoms. The number of hydrogen-bond donors (Lipinski definition) is 1. The molecule has 0 saturated carbocycles. The van der Waals surface area contributed by atoms with Crippen LogP contribution in [0.5, 0.6) is 11.5 Å². The molecule has 0 aliphatic rings. The molecule has 0 radical (unpaired) electrons. The number of rotatable bonds is 9. The quantitative estimate of drug-likeness (QED) is 0.759. The van der Waals surface area contributed by atoms with Crippen LogP contribution >= 0.6 is 0 Å². The fourth-order valence-electron chi connectivity index (χ4n) is 2.64. The minimum Gasteiger partial charge on any atom is -0.497 e. The topological polar surface area (TPSA) is 33.7 Å². The summed E-state index contributed by atoms with van der Waals surface area (Å²) in [5.41, 5.74) is 1.15. The standard InChI is InChI=1S/C17H30N2O2/c1-7-18-16(12-19(4)11-13(2)3)15-10-14(20-5)8-9-17(15)21-6/h8-10,13,16,18H,7,11-12H2,1-6H3. The van der Waals surface area contributed by atoms with Crippen LogP contribution in [0.3, 0.4) is 0 Å². The Labute approximate surface area is 129 Å². The van der Waals surface area contributed by atoms with Crippen molar-refractivity contribution < 1.29 is 9.47 Å². The van der Waals surface area contributed by atoms with E-state index in [1.54, 1.807) is 14.2 Å². The number of ether oxygens (including phenoxy) is 2. The van der Waals surface area contributed by atoms with E-state index in [0.29, 0.717) is 5.92 Å². The Kier molecular flexibility index (Phi) is 7.54. The van der Waals surface area contributed by atoms with Gasteiger partial charge in [-0.05, 0) is 37.7 Å². The molecule has 4 nitrogen and oxygen atoms in total. The summed E-state index contributed by atoms with van der Waals surface area (Å²) in [6.45, 7) is 9.54. The zero-order chi connectivity index (χ0) is 15.8. The van der Waals surface area contributed by atoms with Gasteiger partial charge in [0.15, 0.2) is 0 Å². The lowest BCUT2D eigenvalue weighted by Gasteiger charge is -2.27. The Morgan fingerprint density at radius 2 is 1.86 bits per heavy atom. The van der Waals surface area contributed by atoms with E-state index in [-0.39, 0.29) is 6.04 Å². The van der Waals surface area contributed by atoms with Gasteiger partial charge in [-0.15, -0.1) is 0 Å². The predicted molar refractivity (Wildman–Crippen MR) is 88.3 cm³/mol. The van der Waals surface area contributed by atoms with Crippen molar-refractivity contribution >= 4 is 0 Å². The fourth-order valence-corrected chi connectivity index (χ4v) is 2.64. The summed E-state index contributed by atoms with van der Waals surface area (Å²) < 4.78 is 10.9. The summed E-state index contributed by atoms with van der Waals surface area (Å²) in [5.74, 6) is 2.42. The average Bonchev–Trinajstić information content (AvgIpc) is 2.45. The molecule has 0 fully saturated rings. The molecule has 1 N–H and O–H groups in total. The molecule has 1 aromatic carbocycles. The lowest BCUT2D eigenvalue weighted by atomic mass is 10.0. The summed E-state index contributed by atoms with van der Waals surface area (Å²) in [5, 5.41) is 3.55. The molecule has 0 spiro atoms. The largest absolute Gasteiger partial charge is 0.497 e. The van der Waals surface area contributed by atoms with Crippen molar-refractivity contribution in [2.75, 3.05) is 40.9 Å². The number of nitrogens with one attached hydrogen (secondary N) is 1. The van der Waals surface area contributed by atoms with Crippen molar-refractivity contribution in [2.24, 2.45) is 5.92 Å².